The lowest BCUT2D eigenvalue weighted by atomic mass is 9.85. The molecule has 0 spiro atoms. The van der Waals surface area contributed by atoms with Crippen LogP contribution in [-0.2, 0) is 9.53 Å². The van der Waals surface area contributed by atoms with Gasteiger partial charge in [-0.05, 0) is 38.8 Å². The molecule has 0 bridgehead atoms. The van der Waals surface area contributed by atoms with E-state index in [4.69, 9.17) is 4.74 Å². The van der Waals surface area contributed by atoms with E-state index in [-0.39, 0.29) is 11.9 Å². The van der Waals surface area contributed by atoms with Crippen LogP contribution in [0.4, 0.5) is 0 Å². The number of nitrogens with zero attached hydrogens (tertiary/aromatic N) is 1. The number of rotatable bonds is 4. The minimum Gasteiger partial charge on any atom is -0.469 e. The molecular formula is C12H23NO2. The van der Waals surface area contributed by atoms with Crippen LogP contribution in [0, 0.1) is 5.92 Å². The quantitative estimate of drug-likeness (QED) is 0.669. The SMILES string of the molecule is CCN(CC)C1CCC(C(=O)OC)CC1. The summed E-state index contributed by atoms with van der Waals surface area (Å²) in [4.78, 5) is 13.8. The van der Waals surface area contributed by atoms with Gasteiger partial charge in [-0.25, -0.2) is 0 Å². The Labute approximate surface area is 92.8 Å². The summed E-state index contributed by atoms with van der Waals surface area (Å²) in [5.74, 6) is 0.134. The molecular weight excluding hydrogens is 190 g/mol. The molecule has 0 amide bonds. The van der Waals surface area contributed by atoms with Crippen LogP contribution < -0.4 is 0 Å². The predicted molar refractivity (Wildman–Crippen MR) is 60.7 cm³/mol. The fourth-order valence-electron chi connectivity index (χ4n) is 2.58. The second kappa shape index (κ2) is 6.11. The summed E-state index contributed by atoms with van der Waals surface area (Å²) >= 11 is 0. The van der Waals surface area contributed by atoms with Gasteiger partial charge in [-0.3, -0.25) is 4.79 Å². The molecule has 88 valence electrons. The highest BCUT2D eigenvalue weighted by Crippen LogP contribution is 2.28. The fraction of sp³-hybridized carbons (Fsp3) is 0.917. The molecule has 0 unspecified atom stereocenters. The van der Waals surface area contributed by atoms with Crippen LogP contribution in [-0.4, -0.2) is 37.1 Å². The van der Waals surface area contributed by atoms with Gasteiger partial charge in [-0.15, -0.1) is 0 Å². The Morgan fingerprint density at radius 3 is 2.13 bits per heavy atom. The molecule has 3 heteroatoms. The number of ether oxygens (including phenoxy) is 1. The van der Waals surface area contributed by atoms with Gasteiger partial charge in [0.25, 0.3) is 0 Å². The van der Waals surface area contributed by atoms with E-state index in [1.807, 2.05) is 0 Å². The highest BCUT2D eigenvalue weighted by Gasteiger charge is 2.28. The standard InChI is InChI=1S/C12H23NO2/c1-4-13(5-2)11-8-6-10(7-9-11)12(14)15-3/h10-11H,4-9H2,1-3H3. The van der Waals surface area contributed by atoms with E-state index in [9.17, 15) is 4.79 Å². The normalized spacial score (nSPS) is 26.7. The largest absolute Gasteiger partial charge is 0.469 e. The Balaban J connectivity index is 2.38. The van der Waals surface area contributed by atoms with Crippen molar-refractivity contribution in [3.63, 3.8) is 0 Å². The summed E-state index contributed by atoms with van der Waals surface area (Å²) in [6.45, 7) is 6.64. The molecule has 0 saturated heterocycles. The molecule has 0 radical (unpaired) electrons. The Hall–Kier alpha value is -0.570. The molecule has 0 aromatic rings. The molecule has 3 nitrogen and oxygen atoms in total. The average Bonchev–Trinajstić information content (AvgIpc) is 2.30. The van der Waals surface area contributed by atoms with Crippen molar-refractivity contribution >= 4 is 5.97 Å². The molecule has 1 saturated carbocycles. The molecule has 1 fully saturated rings. The van der Waals surface area contributed by atoms with Crippen molar-refractivity contribution in [1.29, 1.82) is 0 Å². The minimum absolute atomic E-state index is 0.0204. The molecule has 1 aliphatic carbocycles. The third kappa shape index (κ3) is 3.20. The van der Waals surface area contributed by atoms with Crippen molar-refractivity contribution in [3.8, 4) is 0 Å². The van der Waals surface area contributed by atoms with Crippen LogP contribution in [0.2, 0.25) is 0 Å². The van der Waals surface area contributed by atoms with Crippen molar-refractivity contribution < 1.29 is 9.53 Å². The lowest BCUT2D eigenvalue weighted by Crippen LogP contribution is -2.39. The fourth-order valence-corrected chi connectivity index (χ4v) is 2.58. The summed E-state index contributed by atoms with van der Waals surface area (Å²) in [6.07, 6.45) is 4.27. The number of methoxy groups -OCH3 is 1. The van der Waals surface area contributed by atoms with Crippen LogP contribution in [0.1, 0.15) is 39.5 Å². The van der Waals surface area contributed by atoms with Gasteiger partial charge in [-0.1, -0.05) is 13.8 Å². The maximum Gasteiger partial charge on any atom is 0.308 e. The Morgan fingerprint density at radius 2 is 1.73 bits per heavy atom. The number of hydrogen-bond acceptors (Lipinski definition) is 3. The minimum atomic E-state index is -0.0204. The number of carbonyl (C=O) groups is 1. The molecule has 0 N–H and O–H groups in total. The maximum absolute atomic E-state index is 11.3. The van der Waals surface area contributed by atoms with Gasteiger partial charge in [0.1, 0.15) is 0 Å². The van der Waals surface area contributed by atoms with E-state index < -0.39 is 0 Å². The zero-order valence-corrected chi connectivity index (χ0v) is 10.2. The van der Waals surface area contributed by atoms with Crippen LogP contribution in [0.15, 0.2) is 0 Å². The van der Waals surface area contributed by atoms with Crippen LogP contribution in [0.5, 0.6) is 0 Å². The highest BCUT2D eigenvalue weighted by atomic mass is 16.5. The van der Waals surface area contributed by atoms with Gasteiger partial charge in [0, 0.05) is 6.04 Å². The van der Waals surface area contributed by atoms with Crippen molar-refractivity contribution in [3.05, 3.63) is 0 Å². The third-order valence-electron chi connectivity index (χ3n) is 3.56. The molecule has 0 aromatic heterocycles. The first kappa shape index (κ1) is 12.5. The van der Waals surface area contributed by atoms with E-state index in [2.05, 4.69) is 18.7 Å². The first-order valence-electron chi connectivity index (χ1n) is 6.04. The Bertz CT molecular complexity index is 194. The lowest BCUT2D eigenvalue weighted by molar-refractivity contribution is -0.146. The number of esters is 1. The molecule has 1 rings (SSSR count). The van der Waals surface area contributed by atoms with E-state index in [1.165, 1.54) is 7.11 Å². The molecule has 0 aliphatic heterocycles. The van der Waals surface area contributed by atoms with Gasteiger partial charge in [0.05, 0.1) is 13.0 Å². The van der Waals surface area contributed by atoms with Gasteiger partial charge < -0.3 is 9.64 Å². The van der Waals surface area contributed by atoms with E-state index in [0.717, 1.165) is 38.8 Å². The Kier molecular flexibility index (Phi) is 5.09. The van der Waals surface area contributed by atoms with Crippen molar-refractivity contribution in [2.24, 2.45) is 5.92 Å². The van der Waals surface area contributed by atoms with Crippen LogP contribution in [0.3, 0.4) is 0 Å². The average molecular weight is 213 g/mol. The van der Waals surface area contributed by atoms with Gasteiger partial charge in [0.2, 0.25) is 0 Å². The zero-order chi connectivity index (χ0) is 11.3. The molecule has 15 heavy (non-hydrogen) atoms. The highest BCUT2D eigenvalue weighted by molar-refractivity contribution is 5.72. The molecule has 0 atom stereocenters. The van der Waals surface area contributed by atoms with Crippen molar-refractivity contribution in [1.82, 2.24) is 4.90 Å². The molecule has 1 aliphatic rings. The van der Waals surface area contributed by atoms with Crippen LogP contribution >= 0.6 is 0 Å². The lowest BCUT2D eigenvalue weighted by Gasteiger charge is -2.34. The second-order valence-electron chi connectivity index (χ2n) is 4.25. The maximum atomic E-state index is 11.3. The summed E-state index contributed by atoms with van der Waals surface area (Å²) in [7, 11) is 1.48. The first-order valence-corrected chi connectivity index (χ1v) is 6.04. The molecule has 0 aromatic carbocycles. The van der Waals surface area contributed by atoms with Crippen molar-refractivity contribution in [2.75, 3.05) is 20.2 Å². The van der Waals surface area contributed by atoms with E-state index >= 15 is 0 Å². The van der Waals surface area contributed by atoms with Gasteiger partial charge in [0.15, 0.2) is 0 Å². The summed E-state index contributed by atoms with van der Waals surface area (Å²) in [6, 6.07) is 0.681. The number of hydrogen-bond donors (Lipinski definition) is 0. The predicted octanol–water partition coefficient (Wildman–Crippen LogP) is 2.06. The van der Waals surface area contributed by atoms with E-state index in [0.29, 0.717) is 6.04 Å². The van der Waals surface area contributed by atoms with Crippen LogP contribution in [0.25, 0.3) is 0 Å². The summed E-state index contributed by atoms with van der Waals surface area (Å²) in [5, 5.41) is 0. The smallest absolute Gasteiger partial charge is 0.308 e. The summed E-state index contributed by atoms with van der Waals surface area (Å²) in [5.41, 5.74) is 0. The topological polar surface area (TPSA) is 29.5 Å². The summed E-state index contributed by atoms with van der Waals surface area (Å²) < 4.78 is 4.79. The third-order valence-corrected chi connectivity index (χ3v) is 3.56. The van der Waals surface area contributed by atoms with Crippen molar-refractivity contribution in [2.45, 2.75) is 45.6 Å². The second-order valence-corrected chi connectivity index (χ2v) is 4.25. The molecule has 0 heterocycles. The zero-order valence-electron chi connectivity index (χ0n) is 10.2. The van der Waals surface area contributed by atoms with Gasteiger partial charge in [-0.2, -0.15) is 0 Å². The Morgan fingerprint density at radius 1 is 1.20 bits per heavy atom. The van der Waals surface area contributed by atoms with Gasteiger partial charge >= 0.3 is 5.97 Å². The first-order chi connectivity index (χ1) is 7.22. The number of carbonyl (C=O) groups excluding carboxylic acids is 1. The van der Waals surface area contributed by atoms with E-state index in [1.54, 1.807) is 0 Å². The monoisotopic (exact) mass is 213 g/mol.